The Morgan fingerprint density at radius 1 is 0.833 bits per heavy atom. The van der Waals surface area contributed by atoms with Crippen molar-refractivity contribution in [1.82, 2.24) is 10.2 Å². The molecular weight excluding hydrogens is 621 g/mol. The van der Waals surface area contributed by atoms with Crippen molar-refractivity contribution in [2.45, 2.75) is 4.90 Å². The number of rotatable bonds is 9. The van der Waals surface area contributed by atoms with Gasteiger partial charge in [0.05, 0.1) is 16.7 Å². The number of hydrogen-bond acceptors (Lipinski definition) is 5. The third-order valence-electron chi connectivity index (χ3n) is 6.37. The van der Waals surface area contributed by atoms with Gasteiger partial charge in [-0.2, -0.15) is 0 Å². The molecule has 0 bridgehead atoms. The number of thioether (sulfide) groups is 1. The van der Waals surface area contributed by atoms with Gasteiger partial charge in [-0.05, 0) is 72.3 Å². The molecule has 0 unspecified atom stereocenters. The summed E-state index contributed by atoms with van der Waals surface area (Å²) in [6.45, 7) is 0.265. The van der Waals surface area contributed by atoms with Crippen molar-refractivity contribution in [2.24, 2.45) is 0 Å². The van der Waals surface area contributed by atoms with Gasteiger partial charge in [0.1, 0.15) is 11.5 Å². The van der Waals surface area contributed by atoms with Gasteiger partial charge in [-0.15, -0.1) is 11.8 Å². The van der Waals surface area contributed by atoms with Crippen molar-refractivity contribution < 1.29 is 23.6 Å². The number of fused-ring (bicyclic) bond motifs is 1. The lowest BCUT2D eigenvalue weighted by Gasteiger charge is -2.14. The number of benzene rings is 4. The monoisotopic (exact) mass is 643 g/mol. The second-order valence-corrected chi connectivity index (χ2v) is 11.3. The Morgan fingerprint density at radius 3 is 2.10 bits per heavy atom. The number of amides is 4. The van der Waals surface area contributed by atoms with E-state index in [4.69, 9.17) is 0 Å². The number of imide groups is 1. The molecule has 5 rings (SSSR count). The van der Waals surface area contributed by atoms with Crippen LogP contribution < -0.4 is 10.6 Å². The number of anilines is 1. The highest BCUT2D eigenvalue weighted by Gasteiger charge is 2.34. The minimum atomic E-state index is -0.753. The molecule has 4 aromatic rings. The summed E-state index contributed by atoms with van der Waals surface area (Å²) in [6, 6.07) is 26.4. The Balaban J connectivity index is 1.23. The standard InChI is InChI=1S/C32H23BrFN3O4S/c33-21-11-9-20(10-12-21)19-28(36-29(38)26-7-3-4-8-27(26)34)30(39)35-22-13-15-23(16-14-22)42-18-17-37-31(40)24-5-1-2-6-25(24)32(37)41/h1-16,19H,17-18H2,(H,35,39)(H,36,38)/b28-19-. The van der Waals surface area contributed by atoms with Crippen LogP contribution in [0.3, 0.4) is 0 Å². The molecule has 2 N–H and O–H groups in total. The molecule has 210 valence electrons. The average Bonchev–Trinajstić information content (AvgIpc) is 3.24. The lowest BCUT2D eigenvalue weighted by Crippen LogP contribution is -2.31. The van der Waals surface area contributed by atoms with Gasteiger partial charge in [-0.25, -0.2) is 4.39 Å². The van der Waals surface area contributed by atoms with Crippen molar-refractivity contribution in [2.75, 3.05) is 17.6 Å². The van der Waals surface area contributed by atoms with E-state index >= 15 is 0 Å². The van der Waals surface area contributed by atoms with E-state index < -0.39 is 17.6 Å². The van der Waals surface area contributed by atoms with Crippen LogP contribution in [0.4, 0.5) is 10.1 Å². The normalized spacial score (nSPS) is 12.7. The van der Waals surface area contributed by atoms with E-state index in [0.29, 0.717) is 28.1 Å². The summed E-state index contributed by atoms with van der Waals surface area (Å²) in [7, 11) is 0. The molecule has 1 aliphatic heterocycles. The van der Waals surface area contributed by atoms with Crippen LogP contribution in [-0.4, -0.2) is 40.8 Å². The van der Waals surface area contributed by atoms with Crippen LogP contribution in [-0.2, 0) is 4.79 Å². The minimum absolute atomic E-state index is 0.0648. The van der Waals surface area contributed by atoms with E-state index in [1.807, 2.05) is 0 Å². The molecule has 4 aromatic carbocycles. The summed E-state index contributed by atoms with van der Waals surface area (Å²) in [5, 5.41) is 5.29. The van der Waals surface area contributed by atoms with Gasteiger partial charge in [0.15, 0.2) is 0 Å². The lowest BCUT2D eigenvalue weighted by atomic mass is 10.1. The SMILES string of the molecule is O=C(Nc1ccc(SCCN2C(=O)c3ccccc3C2=O)cc1)/C(=C/c1ccc(Br)cc1)NC(=O)c1ccccc1F. The first-order valence-corrected chi connectivity index (χ1v) is 14.6. The van der Waals surface area contributed by atoms with Gasteiger partial charge in [0.25, 0.3) is 23.6 Å². The van der Waals surface area contributed by atoms with Gasteiger partial charge in [-0.3, -0.25) is 24.1 Å². The first-order valence-electron chi connectivity index (χ1n) is 12.8. The predicted molar refractivity (Wildman–Crippen MR) is 164 cm³/mol. The van der Waals surface area contributed by atoms with Crippen molar-refractivity contribution in [1.29, 1.82) is 0 Å². The second kappa shape index (κ2) is 13.0. The van der Waals surface area contributed by atoms with E-state index in [9.17, 15) is 23.6 Å². The molecule has 42 heavy (non-hydrogen) atoms. The summed E-state index contributed by atoms with van der Waals surface area (Å²) in [6.07, 6.45) is 1.50. The quantitative estimate of drug-likeness (QED) is 0.125. The first-order chi connectivity index (χ1) is 20.3. The maximum atomic E-state index is 14.2. The maximum absolute atomic E-state index is 14.2. The molecule has 0 saturated heterocycles. The zero-order valence-electron chi connectivity index (χ0n) is 22.0. The summed E-state index contributed by atoms with van der Waals surface area (Å²) < 4.78 is 15.1. The molecule has 1 heterocycles. The van der Waals surface area contributed by atoms with Crippen LogP contribution in [0.5, 0.6) is 0 Å². The zero-order chi connectivity index (χ0) is 29.6. The Kier molecular flexibility index (Phi) is 8.94. The van der Waals surface area contributed by atoms with Crippen LogP contribution in [0.25, 0.3) is 6.08 Å². The molecule has 1 aliphatic rings. The summed E-state index contributed by atoms with van der Waals surface area (Å²) in [5.41, 5.74) is 1.73. The fourth-order valence-corrected chi connectivity index (χ4v) is 5.35. The first kappa shape index (κ1) is 29.0. The fraction of sp³-hybridized carbons (Fsp3) is 0.0625. The Hall–Kier alpha value is -4.54. The molecule has 7 nitrogen and oxygen atoms in total. The molecule has 10 heteroatoms. The van der Waals surface area contributed by atoms with Crippen LogP contribution >= 0.6 is 27.7 Å². The third-order valence-corrected chi connectivity index (χ3v) is 7.89. The highest BCUT2D eigenvalue weighted by Crippen LogP contribution is 2.25. The van der Waals surface area contributed by atoms with Crippen molar-refractivity contribution >= 4 is 63.1 Å². The number of nitrogens with zero attached hydrogens (tertiary/aromatic N) is 1. The van der Waals surface area contributed by atoms with E-state index in [-0.39, 0.29) is 29.6 Å². The number of carbonyl (C=O) groups excluding carboxylic acids is 4. The summed E-state index contributed by atoms with van der Waals surface area (Å²) in [4.78, 5) is 53.2. The van der Waals surface area contributed by atoms with Crippen molar-refractivity contribution in [3.63, 3.8) is 0 Å². The van der Waals surface area contributed by atoms with Gasteiger partial charge in [0, 0.05) is 27.4 Å². The number of carbonyl (C=O) groups is 4. The molecular formula is C32H23BrFN3O4S. The van der Waals surface area contributed by atoms with Crippen LogP contribution in [0.2, 0.25) is 0 Å². The van der Waals surface area contributed by atoms with Crippen molar-refractivity contribution in [3.05, 3.63) is 135 Å². The summed E-state index contributed by atoms with van der Waals surface area (Å²) in [5.74, 6) is -2.12. The smallest absolute Gasteiger partial charge is 0.272 e. The minimum Gasteiger partial charge on any atom is -0.321 e. The fourth-order valence-electron chi connectivity index (χ4n) is 4.25. The second-order valence-electron chi connectivity index (χ2n) is 9.18. The largest absolute Gasteiger partial charge is 0.321 e. The topological polar surface area (TPSA) is 95.6 Å². The highest BCUT2D eigenvalue weighted by molar-refractivity contribution is 9.10. The summed E-state index contributed by atoms with van der Waals surface area (Å²) >= 11 is 4.84. The van der Waals surface area contributed by atoms with E-state index in [1.54, 1.807) is 72.8 Å². The molecule has 0 saturated carbocycles. The zero-order valence-corrected chi connectivity index (χ0v) is 24.4. The lowest BCUT2D eigenvalue weighted by molar-refractivity contribution is -0.113. The van der Waals surface area contributed by atoms with Gasteiger partial charge in [0.2, 0.25) is 0 Å². The van der Waals surface area contributed by atoms with Gasteiger partial charge >= 0.3 is 0 Å². The number of nitrogens with one attached hydrogen (secondary N) is 2. The molecule has 0 fully saturated rings. The Labute approximate surface area is 253 Å². The Morgan fingerprint density at radius 2 is 1.45 bits per heavy atom. The average molecular weight is 645 g/mol. The highest BCUT2D eigenvalue weighted by atomic mass is 79.9. The third kappa shape index (κ3) is 6.67. The molecule has 0 aliphatic carbocycles. The van der Waals surface area contributed by atoms with E-state index in [1.165, 1.54) is 47.0 Å². The molecule has 0 aromatic heterocycles. The number of hydrogen-bond donors (Lipinski definition) is 2. The van der Waals surface area contributed by atoms with Crippen LogP contribution in [0, 0.1) is 5.82 Å². The van der Waals surface area contributed by atoms with Crippen LogP contribution in [0.15, 0.2) is 112 Å². The molecule has 0 spiro atoms. The number of halogens is 2. The molecule has 4 amide bonds. The van der Waals surface area contributed by atoms with Gasteiger partial charge < -0.3 is 10.6 Å². The molecule has 0 radical (unpaired) electrons. The van der Waals surface area contributed by atoms with E-state index in [2.05, 4.69) is 26.6 Å². The molecule has 0 atom stereocenters. The van der Waals surface area contributed by atoms with E-state index in [0.717, 1.165) is 9.37 Å². The Bertz CT molecular complexity index is 1670. The van der Waals surface area contributed by atoms with Crippen LogP contribution in [0.1, 0.15) is 36.6 Å². The van der Waals surface area contributed by atoms with Crippen molar-refractivity contribution in [3.8, 4) is 0 Å². The predicted octanol–water partition coefficient (Wildman–Crippen LogP) is 6.39. The maximum Gasteiger partial charge on any atom is 0.272 e. The van der Waals surface area contributed by atoms with Gasteiger partial charge in [-0.1, -0.05) is 52.3 Å².